The van der Waals surface area contributed by atoms with Gasteiger partial charge in [0.25, 0.3) is 0 Å². The van der Waals surface area contributed by atoms with E-state index in [-0.39, 0.29) is 6.04 Å². The topological polar surface area (TPSA) is 15.3 Å². The fourth-order valence-corrected chi connectivity index (χ4v) is 2.44. The molecule has 1 atom stereocenters. The van der Waals surface area contributed by atoms with Crippen molar-refractivity contribution in [2.24, 2.45) is 0 Å². The summed E-state index contributed by atoms with van der Waals surface area (Å²) in [6.07, 6.45) is 0.836. The van der Waals surface area contributed by atoms with Crippen LogP contribution in [0.2, 0.25) is 0 Å². The Labute approximate surface area is 101 Å². The van der Waals surface area contributed by atoms with E-state index in [1.807, 2.05) is 6.92 Å². The maximum absolute atomic E-state index is 13.8. The molecule has 1 N–H and O–H groups in total. The van der Waals surface area contributed by atoms with Crippen LogP contribution >= 0.6 is 0 Å². The molecule has 0 saturated carbocycles. The van der Waals surface area contributed by atoms with Gasteiger partial charge in [-0.2, -0.15) is 0 Å². The molecule has 17 heavy (non-hydrogen) atoms. The summed E-state index contributed by atoms with van der Waals surface area (Å²) < 4.78 is 26.7. The molecule has 0 spiro atoms. The third kappa shape index (κ3) is 2.82. The van der Waals surface area contributed by atoms with Crippen LogP contribution in [0.4, 0.5) is 8.78 Å². The molecule has 1 fully saturated rings. The smallest absolute Gasteiger partial charge is 0.130 e. The first kappa shape index (κ1) is 12.5. The predicted molar refractivity (Wildman–Crippen MR) is 63.8 cm³/mol. The molecule has 2 rings (SSSR count). The lowest BCUT2D eigenvalue weighted by Gasteiger charge is -2.34. The fraction of sp³-hybridized carbons (Fsp3) is 0.538. The third-order valence-corrected chi connectivity index (χ3v) is 3.30. The summed E-state index contributed by atoms with van der Waals surface area (Å²) in [6, 6.07) is 3.93. The van der Waals surface area contributed by atoms with E-state index in [0.29, 0.717) is 5.56 Å². The molecular formula is C13H18F2N2. The second-order valence-corrected chi connectivity index (χ2v) is 4.38. The quantitative estimate of drug-likeness (QED) is 0.872. The summed E-state index contributed by atoms with van der Waals surface area (Å²) in [4.78, 5) is 2.26. The highest BCUT2D eigenvalue weighted by Gasteiger charge is 2.23. The third-order valence-electron chi connectivity index (χ3n) is 3.30. The number of piperazine rings is 1. The van der Waals surface area contributed by atoms with Gasteiger partial charge in [-0.05, 0) is 12.5 Å². The van der Waals surface area contributed by atoms with Crippen molar-refractivity contribution in [3.63, 3.8) is 0 Å². The lowest BCUT2D eigenvalue weighted by molar-refractivity contribution is 0.166. The van der Waals surface area contributed by atoms with Crippen LogP contribution in [0, 0.1) is 11.6 Å². The van der Waals surface area contributed by atoms with Crippen molar-refractivity contribution < 1.29 is 8.78 Å². The highest BCUT2D eigenvalue weighted by atomic mass is 19.1. The summed E-state index contributed by atoms with van der Waals surface area (Å²) in [5.41, 5.74) is 0.607. The number of halogens is 2. The Morgan fingerprint density at radius 1 is 1.29 bits per heavy atom. The summed E-state index contributed by atoms with van der Waals surface area (Å²) in [6.45, 7) is 5.72. The largest absolute Gasteiger partial charge is 0.314 e. The maximum atomic E-state index is 13.8. The minimum atomic E-state index is -0.513. The van der Waals surface area contributed by atoms with Gasteiger partial charge in [-0.1, -0.05) is 13.0 Å². The monoisotopic (exact) mass is 240 g/mol. The Morgan fingerprint density at radius 2 is 2.00 bits per heavy atom. The second kappa shape index (κ2) is 5.56. The first-order chi connectivity index (χ1) is 8.22. The van der Waals surface area contributed by atoms with Crippen molar-refractivity contribution in [2.75, 3.05) is 26.2 Å². The highest BCUT2D eigenvalue weighted by Crippen LogP contribution is 2.27. The molecule has 1 saturated heterocycles. The van der Waals surface area contributed by atoms with Gasteiger partial charge in [-0.15, -0.1) is 0 Å². The molecular weight excluding hydrogens is 222 g/mol. The Morgan fingerprint density at radius 3 is 2.59 bits per heavy atom. The molecule has 0 unspecified atom stereocenters. The molecule has 94 valence electrons. The Kier molecular flexibility index (Phi) is 4.07. The standard InChI is InChI=1S/C13H18F2N2/c1-2-13(17-7-5-16-6-8-17)11-4-3-10(14)9-12(11)15/h3-4,9,13,16H,2,5-8H2,1H3/t13-/m0/s1. The number of nitrogens with one attached hydrogen (secondary N) is 1. The molecule has 1 heterocycles. The maximum Gasteiger partial charge on any atom is 0.130 e. The van der Waals surface area contributed by atoms with Crippen LogP contribution in [0.5, 0.6) is 0 Å². The zero-order valence-corrected chi connectivity index (χ0v) is 10.0. The van der Waals surface area contributed by atoms with Gasteiger partial charge in [-0.3, -0.25) is 4.90 Å². The van der Waals surface area contributed by atoms with Gasteiger partial charge in [0.15, 0.2) is 0 Å². The van der Waals surface area contributed by atoms with Crippen LogP contribution < -0.4 is 5.32 Å². The van der Waals surface area contributed by atoms with Crippen LogP contribution in [0.15, 0.2) is 18.2 Å². The van der Waals surface area contributed by atoms with E-state index in [1.54, 1.807) is 6.07 Å². The van der Waals surface area contributed by atoms with Crippen LogP contribution in [-0.4, -0.2) is 31.1 Å². The van der Waals surface area contributed by atoms with Crippen LogP contribution in [0.1, 0.15) is 24.9 Å². The van der Waals surface area contributed by atoms with Crippen molar-refractivity contribution >= 4 is 0 Å². The van der Waals surface area contributed by atoms with Crippen LogP contribution in [0.3, 0.4) is 0 Å². The van der Waals surface area contributed by atoms with E-state index in [9.17, 15) is 8.78 Å². The zero-order valence-electron chi connectivity index (χ0n) is 10.0. The number of rotatable bonds is 3. The van der Waals surface area contributed by atoms with Gasteiger partial charge in [0.1, 0.15) is 11.6 Å². The first-order valence-electron chi connectivity index (χ1n) is 6.12. The molecule has 0 bridgehead atoms. The molecule has 1 aliphatic heterocycles. The number of benzene rings is 1. The van der Waals surface area contributed by atoms with Crippen molar-refractivity contribution in [1.82, 2.24) is 10.2 Å². The molecule has 0 radical (unpaired) electrons. The lowest BCUT2D eigenvalue weighted by Crippen LogP contribution is -2.45. The molecule has 1 aromatic rings. The highest BCUT2D eigenvalue weighted by molar-refractivity contribution is 5.22. The Bertz CT molecular complexity index is 376. The normalized spacial score (nSPS) is 19.2. The number of hydrogen-bond acceptors (Lipinski definition) is 2. The van der Waals surface area contributed by atoms with Crippen molar-refractivity contribution in [3.8, 4) is 0 Å². The summed E-state index contributed by atoms with van der Waals surface area (Å²) in [5.74, 6) is -0.947. The minimum Gasteiger partial charge on any atom is -0.314 e. The average molecular weight is 240 g/mol. The SMILES string of the molecule is CC[C@@H](c1ccc(F)cc1F)N1CCNCC1. The fourth-order valence-electron chi connectivity index (χ4n) is 2.44. The number of nitrogens with zero attached hydrogens (tertiary/aromatic N) is 1. The summed E-state index contributed by atoms with van der Waals surface area (Å²) in [5, 5.41) is 3.27. The average Bonchev–Trinajstić information content (AvgIpc) is 2.34. The Balaban J connectivity index is 2.21. The predicted octanol–water partition coefficient (Wildman–Crippen LogP) is 2.32. The van der Waals surface area contributed by atoms with E-state index in [1.165, 1.54) is 6.07 Å². The van der Waals surface area contributed by atoms with E-state index in [0.717, 1.165) is 38.7 Å². The van der Waals surface area contributed by atoms with Gasteiger partial charge in [0.2, 0.25) is 0 Å². The molecule has 1 aliphatic rings. The van der Waals surface area contributed by atoms with Gasteiger partial charge < -0.3 is 5.32 Å². The van der Waals surface area contributed by atoms with E-state index < -0.39 is 11.6 Å². The van der Waals surface area contributed by atoms with E-state index >= 15 is 0 Å². The van der Waals surface area contributed by atoms with Crippen molar-refractivity contribution in [1.29, 1.82) is 0 Å². The van der Waals surface area contributed by atoms with Gasteiger partial charge in [0, 0.05) is 43.9 Å². The van der Waals surface area contributed by atoms with E-state index in [4.69, 9.17) is 0 Å². The van der Waals surface area contributed by atoms with Gasteiger partial charge >= 0.3 is 0 Å². The molecule has 0 aromatic heterocycles. The second-order valence-electron chi connectivity index (χ2n) is 4.38. The van der Waals surface area contributed by atoms with Gasteiger partial charge in [-0.25, -0.2) is 8.78 Å². The summed E-state index contributed by atoms with van der Waals surface area (Å²) >= 11 is 0. The number of hydrogen-bond donors (Lipinski definition) is 1. The van der Waals surface area contributed by atoms with Gasteiger partial charge in [0.05, 0.1) is 0 Å². The molecule has 0 amide bonds. The van der Waals surface area contributed by atoms with Crippen LogP contribution in [-0.2, 0) is 0 Å². The lowest BCUT2D eigenvalue weighted by atomic mass is 10.0. The zero-order chi connectivity index (χ0) is 12.3. The van der Waals surface area contributed by atoms with Crippen molar-refractivity contribution in [3.05, 3.63) is 35.4 Å². The van der Waals surface area contributed by atoms with Crippen molar-refractivity contribution in [2.45, 2.75) is 19.4 Å². The molecule has 0 aliphatic carbocycles. The van der Waals surface area contributed by atoms with Crippen LogP contribution in [0.25, 0.3) is 0 Å². The first-order valence-corrected chi connectivity index (χ1v) is 6.12. The molecule has 4 heteroatoms. The Hall–Kier alpha value is -1.00. The van der Waals surface area contributed by atoms with E-state index in [2.05, 4.69) is 10.2 Å². The molecule has 1 aromatic carbocycles. The summed E-state index contributed by atoms with van der Waals surface area (Å²) in [7, 11) is 0. The minimum absolute atomic E-state index is 0.0534. The molecule has 2 nitrogen and oxygen atoms in total.